The summed E-state index contributed by atoms with van der Waals surface area (Å²) in [5.74, 6) is -3.49. The summed E-state index contributed by atoms with van der Waals surface area (Å²) in [5, 5.41) is 8.96. The van der Waals surface area contributed by atoms with Crippen LogP contribution in [0.3, 0.4) is 0 Å². The number of sulfonamides is 1. The molecule has 0 saturated heterocycles. The van der Waals surface area contributed by atoms with Gasteiger partial charge in [-0.1, -0.05) is 18.2 Å². The van der Waals surface area contributed by atoms with E-state index in [0.29, 0.717) is 23.8 Å². The van der Waals surface area contributed by atoms with Crippen molar-refractivity contribution in [1.29, 1.82) is 0 Å². The fraction of sp³-hybridized carbons (Fsp3) is 0.240. The highest BCUT2D eigenvalue weighted by atomic mass is 32.2. The number of aliphatic carboxylic acids is 1. The second kappa shape index (κ2) is 10.9. The summed E-state index contributed by atoms with van der Waals surface area (Å²) in [4.78, 5) is 10.4. The molecule has 1 N–H and O–H groups in total. The van der Waals surface area contributed by atoms with Gasteiger partial charge in [-0.2, -0.15) is 17.5 Å². The van der Waals surface area contributed by atoms with Crippen molar-refractivity contribution in [3.63, 3.8) is 0 Å². The summed E-state index contributed by atoms with van der Waals surface area (Å²) in [7, 11) is -4.38. The molecule has 12 heteroatoms. The largest absolute Gasteiger partial charge is 0.481 e. The monoisotopic (exact) mass is 543 g/mol. The van der Waals surface area contributed by atoms with Crippen molar-refractivity contribution in [3.05, 3.63) is 83.4 Å². The van der Waals surface area contributed by atoms with Gasteiger partial charge >= 0.3 is 12.1 Å². The molecule has 0 amide bonds. The first-order chi connectivity index (χ1) is 17.2. The molecule has 0 unspecified atom stereocenters. The number of carboxylic acid groups (broad SMARTS) is 1. The normalized spacial score (nSPS) is 12.2. The predicted octanol–water partition coefficient (Wildman–Crippen LogP) is 5.71. The number of carboxylic acids is 1. The maximum Gasteiger partial charge on any atom is 0.416 e. The molecule has 0 fully saturated rings. The Morgan fingerprint density at radius 1 is 1.00 bits per heavy atom. The minimum absolute atomic E-state index is 0.0309. The fourth-order valence-electron chi connectivity index (χ4n) is 3.57. The van der Waals surface area contributed by atoms with Crippen LogP contribution in [0.4, 0.5) is 22.0 Å². The first-order valence-electron chi connectivity index (χ1n) is 10.8. The number of halogens is 5. The van der Waals surface area contributed by atoms with Gasteiger partial charge in [0.05, 0.1) is 10.5 Å². The van der Waals surface area contributed by atoms with E-state index in [1.807, 2.05) is 0 Å². The van der Waals surface area contributed by atoms with Crippen LogP contribution in [0.15, 0.2) is 65.6 Å². The van der Waals surface area contributed by atoms with E-state index in [1.165, 1.54) is 30.3 Å². The second-order valence-corrected chi connectivity index (χ2v) is 10.2. The van der Waals surface area contributed by atoms with Crippen LogP contribution in [0.2, 0.25) is 0 Å². The van der Waals surface area contributed by atoms with E-state index in [9.17, 15) is 35.2 Å². The van der Waals surface area contributed by atoms with E-state index in [-0.39, 0.29) is 23.4 Å². The highest BCUT2D eigenvalue weighted by Crippen LogP contribution is 2.36. The number of hydrogen-bond donors (Lipinski definition) is 1. The van der Waals surface area contributed by atoms with Crippen molar-refractivity contribution in [2.24, 2.45) is 0 Å². The zero-order valence-electron chi connectivity index (χ0n) is 19.6. The van der Waals surface area contributed by atoms with Crippen molar-refractivity contribution in [1.82, 2.24) is 4.31 Å². The van der Waals surface area contributed by atoms with E-state index >= 15 is 0 Å². The highest BCUT2D eigenvalue weighted by Gasteiger charge is 2.31. The Bertz CT molecular complexity index is 1390. The minimum atomic E-state index is -4.64. The molecule has 3 aromatic rings. The van der Waals surface area contributed by atoms with Crippen LogP contribution < -0.4 is 4.74 Å². The molecule has 3 rings (SSSR count). The van der Waals surface area contributed by atoms with Gasteiger partial charge in [0, 0.05) is 24.2 Å². The molecule has 6 nitrogen and oxygen atoms in total. The quantitative estimate of drug-likeness (QED) is 0.350. The van der Waals surface area contributed by atoms with Gasteiger partial charge in [0.2, 0.25) is 10.0 Å². The van der Waals surface area contributed by atoms with Gasteiger partial charge in [0.25, 0.3) is 0 Å². The van der Waals surface area contributed by atoms with Crippen LogP contribution in [0, 0.1) is 11.6 Å². The van der Waals surface area contributed by atoms with E-state index in [2.05, 4.69) is 0 Å². The van der Waals surface area contributed by atoms with Gasteiger partial charge in [-0.05, 0) is 61.4 Å². The lowest BCUT2D eigenvalue weighted by Gasteiger charge is -2.26. The Balaban J connectivity index is 2.08. The molecular formula is C25H22F5NO5S. The van der Waals surface area contributed by atoms with Crippen molar-refractivity contribution in [2.75, 3.05) is 6.61 Å². The average Bonchev–Trinajstić information content (AvgIpc) is 2.80. The van der Waals surface area contributed by atoms with Gasteiger partial charge in [0.1, 0.15) is 17.4 Å². The lowest BCUT2D eigenvalue weighted by Crippen LogP contribution is -2.36. The van der Waals surface area contributed by atoms with E-state index in [4.69, 9.17) is 9.84 Å². The first kappa shape index (κ1) is 28.1. The number of hydrogen-bond acceptors (Lipinski definition) is 4. The zero-order valence-corrected chi connectivity index (χ0v) is 20.4. The lowest BCUT2D eigenvalue weighted by molar-refractivity contribution is -0.139. The van der Waals surface area contributed by atoms with Crippen molar-refractivity contribution in [3.8, 4) is 16.9 Å². The summed E-state index contributed by atoms with van der Waals surface area (Å²) in [6.45, 7) is 2.03. The number of nitrogens with zero attached hydrogens (tertiary/aromatic N) is 1. The first-order valence-corrected chi connectivity index (χ1v) is 12.3. The Labute approximate surface area is 210 Å². The molecule has 0 heterocycles. The molecule has 0 bridgehead atoms. The molecular weight excluding hydrogens is 521 g/mol. The molecule has 0 aliphatic heterocycles. The molecule has 3 aromatic carbocycles. The summed E-state index contributed by atoms with van der Waals surface area (Å²) in [6, 6.07) is 9.64. The van der Waals surface area contributed by atoms with Crippen LogP contribution in [-0.4, -0.2) is 36.4 Å². The van der Waals surface area contributed by atoms with Crippen LogP contribution >= 0.6 is 0 Å². The topological polar surface area (TPSA) is 83.9 Å². The molecule has 0 spiro atoms. The molecule has 0 atom stereocenters. The molecule has 37 heavy (non-hydrogen) atoms. The van der Waals surface area contributed by atoms with Gasteiger partial charge in [0.15, 0.2) is 6.61 Å². The molecule has 0 saturated carbocycles. The zero-order chi connectivity index (χ0) is 27.5. The number of alkyl halides is 3. The maximum atomic E-state index is 13.7. The van der Waals surface area contributed by atoms with Crippen LogP contribution in [0.1, 0.15) is 25.0 Å². The Hall–Kier alpha value is -3.51. The molecule has 198 valence electrons. The predicted molar refractivity (Wildman–Crippen MR) is 124 cm³/mol. The van der Waals surface area contributed by atoms with Gasteiger partial charge in [-0.3, -0.25) is 0 Å². The van der Waals surface area contributed by atoms with Gasteiger partial charge in [-0.15, -0.1) is 0 Å². The maximum absolute atomic E-state index is 13.7. The van der Waals surface area contributed by atoms with Crippen molar-refractivity contribution < 1.29 is 45.0 Å². The number of rotatable bonds is 9. The van der Waals surface area contributed by atoms with Crippen LogP contribution in [0.5, 0.6) is 5.75 Å². The van der Waals surface area contributed by atoms with Crippen molar-refractivity contribution >= 4 is 16.0 Å². The molecule has 0 aromatic heterocycles. The second-order valence-electron chi connectivity index (χ2n) is 8.34. The fourth-order valence-corrected chi connectivity index (χ4v) is 5.24. The van der Waals surface area contributed by atoms with Gasteiger partial charge in [-0.25, -0.2) is 22.0 Å². The van der Waals surface area contributed by atoms with E-state index < -0.39 is 56.9 Å². The van der Waals surface area contributed by atoms with Gasteiger partial charge < -0.3 is 9.84 Å². The van der Waals surface area contributed by atoms with E-state index in [1.54, 1.807) is 13.8 Å². The highest BCUT2D eigenvalue weighted by molar-refractivity contribution is 7.89. The third kappa shape index (κ3) is 6.83. The summed E-state index contributed by atoms with van der Waals surface area (Å²) >= 11 is 0. The minimum Gasteiger partial charge on any atom is -0.481 e. The molecule has 0 aliphatic carbocycles. The Morgan fingerprint density at radius 2 is 1.65 bits per heavy atom. The number of ether oxygens (including phenoxy) is 1. The third-order valence-electron chi connectivity index (χ3n) is 5.25. The van der Waals surface area contributed by atoms with Crippen LogP contribution in [-0.2, 0) is 27.5 Å². The molecule has 0 radical (unpaired) electrons. The Kier molecular flexibility index (Phi) is 8.23. The number of carbonyl (C=O) groups is 1. The average molecular weight is 544 g/mol. The Morgan fingerprint density at radius 3 is 2.22 bits per heavy atom. The van der Waals surface area contributed by atoms with Crippen molar-refractivity contribution in [2.45, 2.75) is 37.5 Å². The third-order valence-corrected chi connectivity index (χ3v) is 7.25. The van der Waals surface area contributed by atoms with Crippen LogP contribution in [0.25, 0.3) is 11.1 Å². The SMILES string of the molecule is CC(C)N(Cc1ccc(OCC(=O)O)c(-c2cccc(C(F)(F)F)c2)c1)S(=O)(=O)c1cc(F)cc(F)c1. The molecule has 0 aliphatic rings. The summed E-state index contributed by atoms with van der Waals surface area (Å²) < 4.78 is 100.0. The number of benzene rings is 3. The smallest absolute Gasteiger partial charge is 0.416 e. The summed E-state index contributed by atoms with van der Waals surface area (Å²) in [6.07, 6.45) is -4.64. The standard InChI is InChI=1S/C25H22F5NO5S/c1-15(2)31(37(34,35)21-11-19(26)10-20(27)12-21)13-16-6-7-23(36-14-24(32)33)22(8-16)17-4-3-5-18(9-17)25(28,29)30/h3-12,15H,13-14H2,1-2H3,(H,32,33). The lowest BCUT2D eigenvalue weighted by atomic mass is 9.99. The summed E-state index contributed by atoms with van der Waals surface area (Å²) in [5.41, 5.74) is -0.477. The van der Waals surface area contributed by atoms with E-state index in [0.717, 1.165) is 16.4 Å².